The maximum atomic E-state index is 6.43. The zero-order valence-corrected chi connectivity index (χ0v) is 36.2. The zero-order valence-electron chi connectivity index (χ0n) is 36.2. The lowest BCUT2D eigenvalue weighted by Gasteiger charge is -2.34. The predicted octanol–water partition coefficient (Wildman–Crippen LogP) is 17.3. The molecule has 0 saturated carbocycles. The average Bonchev–Trinajstić information content (AvgIpc) is 3.64. The van der Waals surface area contributed by atoms with E-state index in [1.54, 1.807) is 0 Å². The summed E-state index contributed by atoms with van der Waals surface area (Å²) in [6, 6.07) is 78.6. The molecule has 0 N–H and O–H groups in total. The molecular weight excluding hydrogens is 777 g/mol. The Balaban J connectivity index is 0.925. The van der Waals surface area contributed by atoms with E-state index in [-0.39, 0.29) is 5.41 Å². The molecule has 0 bridgehead atoms. The molecule has 64 heavy (non-hydrogen) atoms. The maximum Gasteiger partial charge on any atom is 0.151 e. The molecule has 308 valence electrons. The highest BCUT2D eigenvalue weighted by Crippen LogP contribution is 2.55. The number of hydrogen-bond acceptors (Lipinski definition) is 3. The molecule has 0 unspecified atom stereocenters. The van der Waals surface area contributed by atoms with E-state index in [9.17, 15) is 0 Å². The van der Waals surface area contributed by atoms with E-state index in [2.05, 4.69) is 230 Å². The SMILES string of the molecule is CCC1(CC)c2cc(/C=C/c3ccc(-c4ccc(-c5ccccc5)cc4N4c5ccccc5Oc5ccccc54)cc3)ccc2-c2ccc(N(c3ccccc3)c3ccccc3)cc21. The van der Waals surface area contributed by atoms with Crippen LogP contribution >= 0.6 is 0 Å². The van der Waals surface area contributed by atoms with Crippen molar-refractivity contribution in [3.8, 4) is 44.9 Å². The highest BCUT2D eigenvalue weighted by molar-refractivity contribution is 5.95. The van der Waals surface area contributed by atoms with Crippen molar-refractivity contribution in [2.24, 2.45) is 0 Å². The number of hydrogen-bond donors (Lipinski definition) is 0. The van der Waals surface area contributed by atoms with Crippen molar-refractivity contribution in [2.45, 2.75) is 32.1 Å². The third-order valence-corrected chi connectivity index (χ3v) is 13.3. The van der Waals surface area contributed by atoms with Gasteiger partial charge in [-0.3, -0.25) is 0 Å². The lowest BCUT2D eigenvalue weighted by atomic mass is 9.73. The van der Waals surface area contributed by atoms with Gasteiger partial charge in [0.1, 0.15) is 0 Å². The smallest absolute Gasteiger partial charge is 0.151 e. The molecule has 0 aromatic heterocycles. The van der Waals surface area contributed by atoms with Gasteiger partial charge in [0.15, 0.2) is 11.5 Å². The molecule has 1 aliphatic heterocycles. The molecular formula is C61H48N2O. The van der Waals surface area contributed by atoms with Crippen LogP contribution < -0.4 is 14.5 Å². The van der Waals surface area contributed by atoms with E-state index < -0.39 is 0 Å². The summed E-state index contributed by atoms with van der Waals surface area (Å²) in [6.07, 6.45) is 6.56. The summed E-state index contributed by atoms with van der Waals surface area (Å²) in [6.45, 7) is 4.70. The van der Waals surface area contributed by atoms with E-state index in [4.69, 9.17) is 4.74 Å². The number of para-hydroxylation sites is 6. The first-order valence-electron chi connectivity index (χ1n) is 22.5. The lowest BCUT2D eigenvalue weighted by Crippen LogP contribution is -2.23. The molecule has 0 amide bonds. The maximum absolute atomic E-state index is 6.43. The molecule has 1 aliphatic carbocycles. The highest BCUT2D eigenvalue weighted by Gasteiger charge is 2.41. The molecule has 0 saturated heterocycles. The first-order chi connectivity index (χ1) is 31.6. The average molecular weight is 825 g/mol. The number of benzene rings is 9. The van der Waals surface area contributed by atoms with Crippen molar-refractivity contribution in [1.29, 1.82) is 0 Å². The first-order valence-corrected chi connectivity index (χ1v) is 22.5. The molecule has 9 aromatic carbocycles. The Morgan fingerprint density at radius 1 is 0.406 bits per heavy atom. The van der Waals surface area contributed by atoms with Crippen LogP contribution in [0.25, 0.3) is 45.5 Å². The molecule has 0 fully saturated rings. The van der Waals surface area contributed by atoms with Crippen LogP contribution in [-0.2, 0) is 5.41 Å². The fourth-order valence-corrected chi connectivity index (χ4v) is 10.1. The Hall–Kier alpha value is -7.88. The van der Waals surface area contributed by atoms with Gasteiger partial charge in [-0.05, 0) is 130 Å². The van der Waals surface area contributed by atoms with Gasteiger partial charge in [-0.15, -0.1) is 0 Å². The Morgan fingerprint density at radius 3 is 1.53 bits per heavy atom. The van der Waals surface area contributed by atoms with Crippen molar-refractivity contribution >= 4 is 46.3 Å². The van der Waals surface area contributed by atoms with E-state index >= 15 is 0 Å². The number of anilines is 6. The van der Waals surface area contributed by atoms with Crippen LogP contribution in [0.3, 0.4) is 0 Å². The van der Waals surface area contributed by atoms with Crippen LogP contribution in [0.1, 0.15) is 48.9 Å². The second-order valence-corrected chi connectivity index (χ2v) is 16.8. The van der Waals surface area contributed by atoms with Crippen LogP contribution in [0.15, 0.2) is 218 Å². The standard InChI is InChI=1S/C61H48N2O/c1-3-61(4-2)54-40-44(32-37-52(54)53-39-36-50(42-55(53)61)62(48-20-10-6-11-21-48)49-22-12-7-13-23-49)29-28-43-30-33-46(34-31-43)51-38-35-47(45-18-8-5-9-19-45)41-58(51)63-56-24-14-16-26-59(56)64-60-27-17-15-25-57(60)63/h5-42H,3-4H2,1-2H3/b29-28+. The van der Waals surface area contributed by atoms with E-state index in [0.717, 1.165) is 75.0 Å². The summed E-state index contributed by atoms with van der Waals surface area (Å²) in [5.41, 5.74) is 19.1. The molecule has 3 heteroatoms. The van der Waals surface area contributed by atoms with Gasteiger partial charge in [0.2, 0.25) is 0 Å². The Labute approximate surface area is 376 Å². The van der Waals surface area contributed by atoms with Crippen LogP contribution in [0.2, 0.25) is 0 Å². The third-order valence-electron chi connectivity index (χ3n) is 13.3. The van der Waals surface area contributed by atoms with Gasteiger partial charge < -0.3 is 14.5 Å². The molecule has 3 nitrogen and oxygen atoms in total. The molecule has 2 aliphatic rings. The van der Waals surface area contributed by atoms with E-state index in [1.165, 1.54) is 39.1 Å². The molecule has 0 atom stereocenters. The normalized spacial score (nSPS) is 13.1. The van der Waals surface area contributed by atoms with Gasteiger partial charge in [-0.2, -0.15) is 0 Å². The second kappa shape index (κ2) is 16.4. The van der Waals surface area contributed by atoms with Gasteiger partial charge in [-0.25, -0.2) is 0 Å². The summed E-state index contributed by atoms with van der Waals surface area (Å²) in [7, 11) is 0. The number of ether oxygens (including phenoxy) is 1. The Kier molecular flexibility index (Phi) is 10.0. The Morgan fingerprint density at radius 2 is 0.906 bits per heavy atom. The summed E-state index contributed by atoms with van der Waals surface area (Å²) in [4.78, 5) is 4.73. The third kappa shape index (κ3) is 6.78. The molecule has 9 aromatic rings. The van der Waals surface area contributed by atoms with Crippen LogP contribution in [-0.4, -0.2) is 0 Å². The van der Waals surface area contributed by atoms with Crippen molar-refractivity contribution in [3.63, 3.8) is 0 Å². The van der Waals surface area contributed by atoms with Gasteiger partial charge in [0.25, 0.3) is 0 Å². The van der Waals surface area contributed by atoms with Gasteiger partial charge in [0, 0.05) is 28.0 Å². The van der Waals surface area contributed by atoms with Gasteiger partial charge in [0.05, 0.1) is 17.1 Å². The second-order valence-electron chi connectivity index (χ2n) is 16.8. The molecule has 11 rings (SSSR count). The lowest BCUT2D eigenvalue weighted by molar-refractivity contribution is 0.477. The summed E-state index contributed by atoms with van der Waals surface area (Å²) < 4.78 is 6.43. The number of rotatable bonds is 10. The summed E-state index contributed by atoms with van der Waals surface area (Å²) >= 11 is 0. The fourth-order valence-electron chi connectivity index (χ4n) is 10.1. The summed E-state index contributed by atoms with van der Waals surface area (Å²) in [5, 5.41) is 0. The topological polar surface area (TPSA) is 15.7 Å². The predicted molar refractivity (Wildman–Crippen MR) is 269 cm³/mol. The zero-order chi connectivity index (χ0) is 43.0. The highest BCUT2D eigenvalue weighted by atomic mass is 16.5. The van der Waals surface area contributed by atoms with Crippen LogP contribution in [0, 0.1) is 0 Å². The van der Waals surface area contributed by atoms with Crippen LogP contribution in [0.4, 0.5) is 34.1 Å². The molecule has 0 spiro atoms. The quantitative estimate of drug-likeness (QED) is 0.128. The van der Waals surface area contributed by atoms with Gasteiger partial charge in [-0.1, -0.05) is 178 Å². The van der Waals surface area contributed by atoms with E-state index in [1.807, 2.05) is 24.3 Å². The van der Waals surface area contributed by atoms with Crippen molar-refractivity contribution in [2.75, 3.05) is 9.80 Å². The largest absolute Gasteiger partial charge is 0.453 e. The van der Waals surface area contributed by atoms with Crippen LogP contribution in [0.5, 0.6) is 11.5 Å². The van der Waals surface area contributed by atoms with E-state index in [0.29, 0.717) is 0 Å². The molecule has 1 heterocycles. The number of fused-ring (bicyclic) bond motifs is 5. The fraction of sp³-hybridized carbons (Fsp3) is 0.0820. The van der Waals surface area contributed by atoms with Gasteiger partial charge >= 0.3 is 0 Å². The van der Waals surface area contributed by atoms with Crippen molar-refractivity contribution in [1.82, 2.24) is 0 Å². The Bertz CT molecular complexity index is 3070. The van der Waals surface area contributed by atoms with Crippen molar-refractivity contribution < 1.29 is 4.74 Å². The minimum Gasteiger partial charge on any atom is -0.453 e. The molecule has 0 radical (unpaired) electrons. The number of nitrogens with zero attached hydrogens (tertiary/aromatic N) is 2. The minimum atomic E-state index is -0.0828. The van der Waals surface area contributed by atoms with Crippen molar-refractivity contribution in [3.05, 3.63) is 241 Å². The minimum absolute atomic E-state index is 0.0828. The monoisotopic (exact) mass is 824 g/mol. The summed E-state index contributed by atoms with van der Waals surface area (Å²) in [5.74, 6) is 1.68. The first kappa shape index (κ1) is 39.0.